The molecular formula is C31H35FN4O5. The Labute approximate surface area is 238 Å². The van der Waals surface area contributed by atoms with E-state index in [0.717, 1.165) is 42.5 Å². The predicted molar refractivity (Wildman–Crippen MR) is 158 cm³/mol. The molecule has 0 spiro atoms. The van der Waals surface area contributed by atoms with E-state index in [-0.39, 0.29) is 17.6 Å². The van der Waals surface area contributed by atoms with Gasteiger partial charge in [0.15, 0.2) is 0 Å². The van der Waals surface area contributed by atoms with E-state index >= 15 is 0 Å². The number of nitrogens with zero attached hydrogens (tertiary/aromatic N) is 1. The number of aromatic hydroxyl groups is 1. The molecule has 0 aliphatic carbocycles. The van der Waals surface area contributed by atoms with Crippen LogP contribution in [0.2, 0.25) is 0 Å². The maximum atomic E-state index is 13.7. The molecular weight excluding hydrogens is 527 g/mol. The van der Waals surface area contributed by atoms with E-state index in [2.05, 4.69) is 34.4 Å². The molecule has 216 valence electrons. The fourth-order valence-corrected chi connectivity index (χ4v) is 4.42. The van der Waals surface area contributed by atoms with Gasteiger partial charge in [-0.3, -0.25) is 9.59 Å². The quantitative estimate of drug-likeness (QED) is 0.237. The predicted octanol–water partition coefficient (Wildman–Crippen LogP) is 4.82. The minimum Gasteiger partial charge on any atom is -0.508 e. The van der Waals surface area contributed by atoms with Crippen LogP contribution in [0.4, 0.5) is 10.1 Å². The molecule has 0 radical (unpaired) electrons. The highest BCUT2D eigenvalue weighted by Gasteiger charge is 2.26. The maximum absolute atomic E-state index is 13.7. The van der Waals surface area contributed by atoms with Crippen LogP contribution in [-0.2, 0) is 9.59 Å². The third-order valence-corrected chi connectivity index (χ3v) is 6.68. The van der Waals surface area contributed by atoms with Crippen molar-refractivity contribution in [2.24, 2.45) is 0 Å². The van der Waals surface area contributed by atoms with Gasteiger partial charge in [-0.25, -0.2) is 9.18 Å². The van der Waals surface area contributed by atoms with Crippen molar-refractivity contribution in [3.05, 3.63) is 88.0 Å². The van der Waals surface area contributed by atoms with Crippen molar-refractivity contribution in [3.8, 4) is 5.75 Å². The summed E-state index contributed by atoms with van der Waals surface area (Å²) in [7, 11) is 0. The van der Waals surface area contributed by atoms with E-state index in [4.69, 9.17) is 10.2 Å². The number of amides is 2. The van der Waals surface area contributed by atoms with E-state index in [1.165, 1.54) is 30.3 Å². The zero-order chi connectivity index (χ0) is 30.1. The number of aliphatic carboxylic acids is 1. The Morgan fingerprint density at radius 1 is 1.07 bits per heavy atom. The number of carbonyl (C=O) groups is 3. The van der Waals surface area contributed by atoms with Crippen molar-refractivity contribution >= 4 is 41.2 Å². The number of fused-ring (bicyclic) bond motifs is 1. The third-order valence-electron chi connectivity index (χ3n) is 6.68. The Bertz CT molecular complexity index is 1470. The Morgan fingerprint density at radius 2 is 1.76 bits per heavy atom. The first-order valence-electron chi connectivity index (χ1n) is 13.3. The second kappa shape index (κ2) is 14.1. The number of likely N-dealkylation sites (N-methyl/N-ethyl adjacent to an activating group) is 1. The lowest BCUT2D eigenvalue weighted by molar-refractivity contribution is -0.131. The largest absolute Gasteiger partial charge is 0.508 e. The number of phenolic OH excluding ortho intramolecular Hbond substituents is 1. The van der Waals surface area contributed by atoms with Crippen LogP contribution in [0.1, 0.15) is 52.3 Å². The maximum Gasteiger partial charge on any atom is 0.328 e. The monoisotopic (exact) mass is 562 g/mol. The van der Waals surface area contributed by atoms with Crippen LogP contribution in [0.25, 0.3) is 17.7 Å². The fourth-order valence-electron chi connectivity index (χ4n) is 4.42. The van der Waals surface area contributed by atoms with Crippen LogP contribution in [0, 0.1) is 19.7 Å². The van der Waals surface area contributed by atoms with Crippen LogP contribution in [0.5, 0.6) is 5.75 Å². The second-order valence-corrected chi connectivity index (χ2v) is 9.41. The summed E-state index contributed by atoms with van der Waals surface area (Å²) in [5, 5.41) is 22.9. The van der Waals surface area contributed by atoms with Crippen molar-refractivity contribution in [1.29, 1.82) is 0 Å². The summed E-state index contributed by atoms with van der Waals surface area (Å²) in [5.74, 6) is -1.65. The van der Waals surface area contributed by atoms with Crippen LogP contribution in [0.15, 0.2) is 48.5 Å². The van der Waals surface area contributed by atoms with Gasteiger partial charge in [-0.05, 0) is 80.5 Å². The molecule has 0 saturated carbocycles. The molecule has 3 aromatic rings. The standard InChI is InChI=1S/C22H27FN4O2.C9H8O3/c1-5-27(6-2)10-9-24-22(29)20-13(3)19(25-14(20)4)12-17-16-11-15(23)7-8-18(16)26-21(17)28;10-8-4-1-7(2-5-8)3-6-9(11)12/h7-8,11-12,25H,5-6,9-10H2,1-4H3,(H,24,29)(H,26,28);1-6,10H,(H,11,12)/b17-12-;6-3+. The summed E-state index contributed by atoms with van der Waals surface area (Å²) in [6, 6.07) is 10.5. The zero-order valence-electron chi connectivity index (χ0n) is 23.5. The van der Waals surface area contributed by atoms with Crippen molar-refractivity contribution in [2.45, 2.75) is 27.7 Å². The summed E-state index contributed by atoms with van der Waals surface area (Å²) >= 11 is 0. The molecule has 0 atom stereocenters. The number of aryl methyl sites for hydroxylation is 1. The number of phenols is 1. The number of hydrogen-bond acceptors (Lipinski definition) is 5. The van der Waals surface area contributed by atoms with Gasteiger partial charge in [0.1, 0.15) is 11.6 Å². The third kappa shape index (κ3) is 8.15. The first-order valence-corrected chi connectivity index (χ1v) is 13.3. The number of benzene rings is 2. The zero-order valence-corrected chi connectivity index (χ0v) is 23.5. The molecule has 0 saturated heterocycles. The average molecular weight is 563 g/mol. The van der Waals surface area contributed by atoms with Gasteiger partial charge in [0.2, 0.25) is 0 Å². The summed E-state index contributed by atoms with van der Waals surface area (Å²) in [6.45, 7) is 11.1. The normalized spacial score (nSPS) is 13.2. The van der Waals surface area contributed by atoms with Gasteiger partial charge >= 0.3 is 5.97 Å². The molecule has 9 nitrogen and oxygen atoms in total. The number of halogens is 1. The average Bonchev–Trinajstić information content (AvgIpc) is 3.40. The second-order valence-electron chi connectivity index (χ2n) is 9.41. The molecule has 41 heavy (non-hydrogen) atoms. The van der Waals surface area contributed by atoms with E-state index in [0.29, 0.717) is 34.6 Å². The van der Waals surface area contributed by atoms with Crippen molar-refractivity contribution in [1.82, 2.24) is 15.2 Å². The molecule has 0 fully saturated rings. The number of anilines is 1. The lowest BCUT2D eigenvalue weighted by Gasteiger charge is -2.18. The van der Waals surface area contributed by atoms with E-state index in [1.54, 1.807) is 24.3 Å². The molecule has 1 aliphatic rings. The SMILES string of the molecule is CCN(CC)CCNC(=O)c1c(C)[nH]c(/C=C2\C(=O)Nc3ccc(F)cc32)c1C.O=C(O)/C=C/c1ccc(O)cc1. The van der Waals surface area contributed by atoms with E-state index in [1.807, 2.05) is 13.8 Å². The first-order chi connectivity index (χ1) is 19.5. The Kier molecular flexibility index (Phi) is 10.6. The lowest BCUT2D eigenvalue weighted by atomic mass is 10.0. The van der Waals surface area contributed by atoms with Crippen LogP contribution < -0.4 is 10.6 Å². The number of hydrogen-bond donors (Lipinski definition) is 5. The van der Waals surface area contributed by atoms with Crippen molar-refractivity contribution in [3.63, 3.8) is 0 Å². The Morgan fingerprint density at radius 3 is 2.39 bits per heavy atom. The summed E-state index contributed by atoms with van der Waals surface area (Å²) in [4.78, 5) is 40.6. The van der Waals surface area contributed by atoms with Gasteiger partial charge in [-0.1, -0.05) is 26.0 Å². The van der Waals surface area contributed by atoms with Gasteiger partial charge in [0.05, 0.1) is 11.1 Å². The number of nitrogens with one attached hydrogen (secondary N) is 3. The number of rotatable bonds is 9. The van der Waals surface area contributed by atoms with E-state index in [9.17, 15) is 18.8 Å². The van der Waals surface area contributed by atoms with Crippen LogP contribution >= 0.6 is 0 Å². The Hall–Kier alpha value is -4.70. The molecule has 4 rings (SSSR count). The Balaban J connectivity index is 0.000000322. The minimum atomic E-state index is -0.983. The van der Waals surface area contributed by atoms with Crippen molar-refractivity contribution < 1.29 is 29.0 Å². The highest BCUT2D eigenvalue weighted by molar-refractivity contribution is 6.34. The van der Waals surface area contributed by atoms with Gasteiger partial charge < -0.3 is 30.7 Å². The summed E-state index contributed by atoms with van der Waals surface area (Å²) < 4.78 is 13.7. The molecule has 0 bridgehead atoms. The van der Waals surface area contributed by atoms with Gasteiger partial charge in [0, 0.05) is 41.8 Å². The highest BCUT2D eigenvalue weighted by atomic mass is 19.1. The molecule has 2 heterocycles. The molecule has 0 unspecified atom stereocenters. The molecule has 2 aromatic carbocycles. The van der Waals surface area contributed by atoms with E-state index < -0.39 is 11.8 Å². The van der Waals surface area contributed by atoms with Gasteiger partial charge in [0.25, 0.3) is 11.8 Å². The lowest BCUT2D eigenvalue weighted by Crippen LogP contribution is -2.35. The molecule has 10 heteroatoms. The summed E-state index contributed by atoms with van der Waals surface area (Å²) in [6.07, 6.45) is 4.18. The number of aromatic amines is 1. The molecule has 5 N–H and O–H groups in total. The molecule has 2 amide bonds. The first kappa shape index (κ1) is 30.8. The van der Waals surface area contributed by atoms with Crippen LogP contribution in [0.3, 0.4) is 0 Å². The fraction of sp³-hybridized carbons (Fsp3) is 0.258. The highest BCUT2D eigenvalue weighted by Crippen LogP contribution is 2.34. The summed E-state index contributed by atoms with van der Waals surface area (Å²) in [5.41, 5.74) is 4.95. The van der Waals surface area contributed by atoms with Gasteiger partial charge in [-0.15, -0.1) is 0 Å². The smallest absolute Gasteiger partial charge is 0.328 e. The van der Waals surface area contributed by atoms with Gasteiger partial charge in [-0.2, -0.15) is 0 Å². The topological polar surface area (TPSA) is 135 Å². The number of H-pyrrole nitrogens is 1. The molecule has 1 aliphatic heterocycles. The van der Waals surface area contributed by atoms with Crippen molar-refractivity contribution in [2.75, 3.05) is 31.5 Å². The number of carboxylic acid groups (broad SMARTS) is 1. The number of carboxylic acids is 1. The number of carbonyl (C=O) groups excluding carboxylic acids is 2. The van der Waals surface area contributed by atoms with Crippen LogP contribution in [-0.4, -0.2) is 64.1 Å². The molecule has 1 aromatic heterocycles. The number of aromatic nitrogens is 1. The minimum absolute atomic E-state index is 0.143.